The molecular weight excluding hydrogens is 212 g/mol. The van der Waals surface area contributed by atoms with E-state index in [1.165, 1.54) is 11.3 Å². The largest absolute Gasteiger partial charge is 0.378 e. The first-order valence-corrected chi connectivity index (χ1v) is 6.35. The van der Waals surface area contributed by atoms with Gasteiger partial charge < -0.3 is 9.64 Å². The van der Waals surface area contributed by atoms with E-state index in [9.17, 15) is 0 Å². The number of nitrogens with one attached hydrogen (secondary N) is 1. The zero-order chi connectivity index (χ0) is 12.3. The van der Waals surface area contributed by atoms with Crippen LogP contribution in [-0.2, 0) is 4.74 Å². The summed E-state index contributed by atoms with van der Waals surface area (Å²) in [5.74, 6) is 0. The predicted molar refractivity (Wildman–Crippen MR) is 71.3 cm³/mol. The average molecular weight is 234 g/mol. The van der Waals surface area contributed by atoms with E-state index in [0.717, 1.165) is 19.4 Å². The number of hydrogen-bond acceptors (Lipinski definition) is 3. The molecule has 0 radical (unpaired) electrons. The topological polar surface area (TPSA) is 24.5 Å². The van der Waals surface area contributed by atoms with Crippen molar-refractivity contribution >= 4 is 5.69 Å². The van der Waals surface area contributed by atoms with Gasteiger partial charge in [0, 0.05) is 25.8 Å². The zero-order valence-corrected chi connectivity index (χ0v) is 10.9. The SMILES string of the molecule is CC[C@H]1CCO[C@@H](c2ccc(N(C)C)cc2)N1. The van der Waals surface area contributed by atoms with Gasteiger partial charge in [0.1, 0.15) is 6.23 Å². The van der Waals surface area contributed by atoms with Crippen molar-refractivity contribution in [3.05, 3.63) is 29.8 Å². The maximum atomic E-state index is 5.77. The molecule has 1 fully saturated rings. The van der Waals surface area contributed by atoms with Gasteiger partial charge in [-0.1, -0.05) is 19.1 Å². The molecule has 2 atom stereocenters. The van der Waals surface area contributed by atoms with Crippen LogP contribution in [0.1, 0.15) is 31.6 Å². The molecule has 1 aromatic carbocycles. The summed E-state index contributed by atoms with van der Waals surface area (Å²) in [6.07, 6.45) is 2.34. The molecule has 0 spiro atoms. The van der Waals surface area contributed by atoms with E-state index in [-0.39, 0.29) is 6.23 Å². The normalized spacial score (nSPS) is 24.6. The Kier molecular flexibility index (Phi) is 4.02. The summed E-state index contributed by atoms with van der Waals surface area (Å²) in [5.41, 5.74) is 2.44. The Labute approximate surface area is 104 Å². The van der Waals surface area contributed by atoms with Gasteiger partial charge in [0.15, 0.2) is 0 Å². The number of ether oxygens (including phenoxy) is 1. The van der Waals surface area contributed by atoms with Crippen molar-refractivity contribution in [1.82, 2.24) is 5.32 Å². The molecule has 1 saturated heterocycles. The van der Waals surface area contributed by atoms with E-state index >= 15 is 0 Å². The summed E-state index contributed by atoms with van der Waals surface area (Å²) in [5, 5.41) is 3.53. The molecule has 1 aliphatic rings. The van der Waals surface area contributed by atoms with Gasteiger partial charge in [0.05, 0.1) is 6.61 Å². The van der Waals surface area contributed by atoms with Crippen LogP contribution in [0.3, 0.4) is 0 Å². The number of rotatable bonds is 3. The first-order valence-electron chi connectivity index (χ1n) is 6.35. The molecule has 0 bridgehead atoms. The van der Waals surface area contributed by atoms with Gasteiger partial charge >= 0.3 is 0 Å². The van der Waals surface area contributed by atoms with Gasteiger partial charge in [0.2, 0.25) is 0 Å². The minimum Gasteiger partial charge on any atom is -0.378 e. The minimum absolute atomic E-state index is 0.0601. The molecule has 1 N–H and O–H groups in total. The Bertz CT molecular complexity index is 348. The zero-order valence-electron chi connectivity index (χ0n) is 10.9. The van der Waals surface area contributed by atoms with Crippen LogP contribution in [0.4, 0.5) is 5.69 Å². The van der Waals surface area contributed by atoms with E-state index in [1.54, 1.807) is 0 Å². The second kappa shape index (κ2) is 5.52. The van der Waals surface area contributed by atoms with E-state index < -0.39 is 0 Å². The molecular formula is C14H22N2O. The fourth-order valence-electron chi connectivity index (χ4n) is 2.14. The van der Waals surface area contributed by atoms with Gasteiger partial charge in [-0.2, -0.15) is 0 Å². The van der Waals surface area contributed by atoms with E-state index in [0.29, 0.717) is 6.04 Å². The fourth-order valence-corrected chi connectivity index (χ4v) is 2.14. The predicted octanol–water partition coefficient (Wildman–Crippen LogP) is 2.54. The van der Waals surface area contributed by atoms with Crippen molar-refractivity contribution in [2.45, 2.75) is 32.0 Å². The molecule has 17 heavy (non-hydrogen) atoms. The van der Waals surface area contributed by atoms with Gasteiger partial charge in [-0.3, -0.25) is 5.32 Å². The van der Waals surface area contributed by atoms with Crippen LogP contribution in [0.25, 0.3) is 0 Å². The molecule has 1 aliphatic heterocycles. The van der Waals surface area contributed by atoms with Crippen molar-refractivity contribution in [3.63, 3.8) is 0 Å². The lowest BCUT2D eigenvalue weighted by Gasteiger charge is -2.31. The van der Waals surface area contributed by atoms with Gasteiger partial charge in [-0.15, -0.1) is 0 Å². The third-order valence-electron chi connectivity index (χ3n) is 3.34. The van der Waals surface area contributed by atoms with Gasteiger partial charge in [-0.25, -0.2) is 0 Å². The van der Waals surface area contributed by atoms with Crippen molar-refractivity contribution in [2.75, 3.05) is 25.6 Å². The van der Waals surface area contributed by atoms with E-state index in [2.05, 4.69) is 55.5 Å². The van der Waals surface area contributed by atoms with E-state index in [1.807, 2.05) is 0 Å². The van der Waals surface area contributed by atoms with Gasteiger partial charge in [-0.05, 0) is 30.5 Å². The maximum absolute atomic E-state index is 5.77. The summed E-state index contributed by atoms with van der Waals surface area (Å²) in [4.78, 5) is 2.10. The highest BCUT2D eigenvalue weighted by Crippen LogP contribution is 2.23. The minimum atomic E-state index is 0.0601. The summed E-state index contributed by atoms with van der Waals surface area (Å²) in [6.45, 7) is 3.07. The molecule has 3 nitrogen and oxygen atoms in total. The molecule has 0 unspecified atom stereocenters. The lowest BCUT2D eigenvalue weighted by atomic mass is 10.1. The van der Waals surface area contributed by atoms with Crippen LogP contribution >= 0.6 is 0 Å². The molecule has 0 amide bonds. The number of benzene rings is 1. The first-order chi connectivity index (χ1) is 8.20. The van der Waals surface area contributed by atoms with Crippen molar-refractivity contribution in [3.8, 4) is 0 Å². The highest BCUT2D eigenvalue weighted by atomic mass is 16.5. The monoisotopic (exact) mass is 234 g/mol. The smallest absolute Gasteiger partial charge is 0.134 e. The second-order valence-corrected chi connectivity index (χ2v) is 4.80. The third kappa shape index (κ3) is 2.99. The Morgan fingerprint density at radius 3 is 2.59 bits per heavy atom. The Morgan fingerprint density at radius 1 is 1.29 bits per heavy atom. The quantitative estimate of drug-likeness (QED) is 0.870. The number of anilines is 1. The molecule has 3 heteroatoms. The average Bonchev–Trinajstić information content (AvgIpc) is 2.39. The molecule has 2 rings (SSSR count). The van der Waals surface area contributed by atoms with E-state index in [4.69, 9.17) is 4.74 Å². The number of nitrogens with zero attached hydrogens (tertiary/aromatic N) is 1. The standard InChI is InChI=1S/C14H22N2O/c1-4-12-9-10-17-14(15-12)11-5-7-13(8-6-11)16(2)3/h5-8,12,14-15H,4,9-10H2,1-3H3/t12-,14-/m0/s1. The number of hydrogen-bond donors (Lipinski definition) is 1. The first kappa shape index (κ1) is 12.4. The molecule has 94 valence electrons. The maximum Gasteiger partial charge on any atom is 0.134 e. The molecule has 0 saturated carbocycles. The Morgan fingerprint density at radius 2 is 2.00 bits per heavy atom. The van der Waals surface area contributed by atoms with Crippen LogP contribution in [0.15, 0.2) is 24.3 Å². The lowest BCUT2D eigenvalue weighted by molar-refractivity contribution is -0.0205. The summed E-state index contributed by atoms with van der Waals surface area (Å²) >= 11 is 0. The van der Waals surface area contributed by atoms with Crippen LogP contribution < -0.4 is 10.2 Å². The highest BCUT2D eigenvalue weighted by molar-refractivity contribution is 5.46. The highest BCUT2D eigenvalue weighted by Gasteiger charge is 2.21. The summed E-state index contributed by atoms with van der Waals surface area (Å²) < 4.78 is 5.77. The van der Waals surface area contributed by atoms with Crippen LogP contribution in [0.2, 0.25) is 0 Å². The van der Waals surface area contributed by atoms with Crippen LogP contribution in [0.5, 0.6) is 0 Å². The fraction of sp³-hybridized carbons (Fsp3) is 0.571. The van der Waals surface area contributed by atoms with Crippen molar-refractivity contribution in [1.29, 1.82) is 0 Å². The second-order valence-electron chi connectivity index (χ2n) is 4.80. The molecule has 0 aromatic heterocycles. The molecule has 1 aromatic rings. The Balaban J connectivity index is 2.06. The third-order valence-corrected chi connectivity index (χ3v) is 3.34. The molecule has 1 heterocycles. The summed E-state index contributed by atoms with van der Waals surface area (Å²) in [7, 11) is 4.11. The van der Waals surface area contributed by atoms with Crippen LogP contribution in [0, 0.1) is 0 Å². The summed E-state index contributed by atoms with van der Waals surface area (Å²) in [6, 6.07) is 9.14. The Hall–Kier alpha value is -1.06. The van der Waals surface area contributed by atoms with Gasteiger partial charge in [0.25, 0.3) is 0 Å². The van der Waals surface area contributed by atoms with Crippen molar-refractivity contribution < 1.29 is 4.74 Å². The lowest BCUT2D eigenvalue weighted by Crippen LogP contribution is -2.39. The van der Waals surface area contributed by atoms with Crippen LogP contribution in [-0.4, -0.2) is 26.7 Å². The van der Waals surface area contributed by atoms with Crippen molar-refractivity contribution in [2.24, 2.45) is 0 Å². The molecule has 0 aliphatic carbocycles.